The Kier molecular flexibility index (Phi) is 4.33. The SMILES string of the molecule is Cc1ccc(C(=O)O)cc1S(=O)(=O)N(C)[C@@H]1CCS(=O)(=O)C1. The molecule has 0 spiro atoms. The summed E-state index contributed by atoms with van der Waals surface area (Å²) in [5.41, 5.74) is 0.286. The van der Waals surface area contributed by atoms with E-state index in [1.807, 2.05) is 0 Å². The van der Waals surface area contributed by atoms with E-state index in [1.54, 1.807) is 6.92 Å². The minimum absolute atomic E-state index is 0.0360. The van der Waals surface area contributed by atoms with E-state index in [1.165, 1.54) is 19.2 Å². The van der Waals surface area contributed by atoms with Crippen molar-refractivity contribution < 1.29 is 26.7 Å². The first-order chi connectivity index (χ1) is 10.0. The van der Waals surface area contributed by atoms with Crippen molar-refractivity contribution in [3.63, 3.8) is 0 Å². The van der Waals surface area contributed by atoms with Crippen molar-refractivity contribution in [2.24, 2.45) is 0 Å². The van der Waals surface area contributed by atoms with Crippen LogP contribution < -0.4 is 0 Å². The van der Waals surface area contributed by atoms with Gasteiger partial charge < -0.3 is 5.11 Å². The zero-order chi connectivity index (χ0) is 16.7. The maximum Gasteiger partial charge on any atom is 0.335 e. The van der Waals surface area contributed by atoms with Crippen LogP contribution in [0.5, 0.6) is 0 Å². The third kappa shape index (κ3) is 3.16. The van der Waals surface area contributed by atoms with Crippen LogP contribution in [0.15, 0.2) is 23.1 Å². The number of carboxylic acids is 1. The largest absolute Gasteiger partial charge is 0.478 e. The van der Waals surface area contributed by atoms with Crippen LogP contribution in [0.25, 0.3) is 0 Å². The van der Waals surface area contributed by atoms with Crippen LogP contribution in [0.4, 0.5) is 0 Å². The molecule has 7 nitrogen and oxygen atoms in total. The maximum atomic E-state index is 12.7. The molecule has 0 unspecified atom stereocenters. The number of sulfone groups is 1. The summed E-state index contributed by atoms with van der Waals surface area (Å²) in [6.07, 6.45) is 0.246. The van der Waals surface area contributed by atoms with Crippen molar-refractivity contribution in [3.8, 4) is 0 Å². The molecule has 0 bridgehead atoms. The highest BCUT2D eigenvalue weighted by Crippen LogP contribution is 2.26. The van der Waals surface area contributed by atoms with E-state index < -0.39 is 31.9 Å². The molecule has 9 heteroatoms. The van der Waals surface area contributed by atoms with Crippen molar-refractivity contribution in [2.45, 2.75) is 24.3 Å². The van der Waals surface area contributed by atoms with Gasteiger partial charge in [0.15, 0.2) is 9.84 Å². The smallest absolute Gasteiger partial charge is 0.335 e. The van der Waals surface area contributed by atoms with Gasteiger partial charge in [-0.05, 0) is 31.0 Å². The molecular formula is C13H17NO6S2. The van der Waals surface area contributed by atoms with Gasteiger partial charge in [-0.15, -0.1) is 0 Å². The first kappa shape index (κ1) is 16.9. The van der Waals surface area contributed by atoms with Crippen LogP contribution in [0.3, 0.4) is 0 Å². The van der Waals surface area contributed by atoms with Gasteiger partial charge >= 0.3 is 5.97 Å². The van der Waals surface area contributed by atoms with E-state index >= 15 is 0 Å². The van der Waals surface area contributed by atoms with Gasteiger partial charge in [0.2, 0.25) is 10.0 Å². The molecule has 0 saturated carbocycles. The lowest BCUT2D eigenvalue weighted by molar-refractivity contribution is 0.0696. The fraction of sp³-hybridized carbons (Fsp3) is 0.462. The zero-order valence-electron chi connectivity index (χ0n) is 12.2. The number of nitrogens with zero attached hydrogens (tertiary/aromatic N) is 1. The van der Waals surface area contributed by atoms with Crippen LogP contribution in [0, 0.1) is 6.92 Å². The van der Waals surface area contributed by atoms with Crippen molar-refractivity contribution in [1.29, 1.82) is 0 Å². The summed E-state index contributed by atoms with van der Waals surface area (Å²) in [6, 6.07) is 3.24. The molecule has 1 aliphatic rings. The van der Waals surface area contributed by atoms with Gasteiger partial charge in [0.1, 0.15) is 0 Å². The number of carbonyl (C=O) groups is 1. The Morgan fingerprint density at radius 1 is 1.36 bits per heavy atom. The Labute approximate surface area is 129 Å². The molecule has 1 aliphatic heterocycles. The summed E-state index contributed by atoms with van der Waals surface area (Å²) in [7, 11) is -5.84. The Hall–Kier alpha value is -1.45. The van der Waals surface area contributed by atoms with Gasteiger partial charge in [-0.1, -0.05) is 6.07 Å². The van der Waals surface area contributed by atoms with Gasteiger partial charge in [0.25, 0.3) is 0 Å². The highest BCUT2D eigenvalue weighted by molar-refractivity contribution is 7.92. The molecule has 22 heavy (non-hydrogen) atoms. The van der Waals surface area contributed by atoms with Crippen LogP contribution in [0.2, 0.25) is 0 Å². The van der Waals surface area contributed by atoms with Crippen molar-refractivity contribution in [2.75, 3.05) is 18.6 Å². The highest BCUT2D eigenvalue weighted by Gasteiger charge is 2.37. The van der Waals surface area contributed by atoms with E-state index in [-0.39, 0.29) is 28.4 Å². The normalized spacial score (nSPS) is 21.1. The fourth-order valence-electron chi connectivity index (χ4n) is 2.42. The lowest BCUT2D eigenvalue weighted by Crippen LogP contribution is -2.38. The molecule has 1 fully saturated rings. The zero-order valence-corrected chi connectivity index (χ0v) is 13.8. The van der Waals surface area contributed by atoms with E-state index in [0.29, 0.717) is 5.56 Å². The molecule has 0 aromatic heterocycles. The molecule has 2 rings (SSSR count). The monoisotopic (exact) mass is 347 g/mol. The molecule has 0 radical (unpaired) electrons. The summed E-state index contributed by atoms with van der Waals surface area (Å²) in [4.78, 5) is 10.9. The average molecular weight is 347 g/mol. The quantitative estimate of drug-likeness (QED) is 0.849. The molecule has 1 N–H and O–H groups in total. The van der Waals surface area contributed by atoms with E-state index in [4.69, 9.17) is 5.11 Å². The Bertz CT molecular complexity index is 813. The van der Waals surface area contributed by atoms with E-state index in [0.717, 1.165) is 10.4 Å². The molecule has 122 valence electrons. The summed E-state index contributed by atoms with van der Waals surface area (Å²) >= 11 is 0. The van der Waals surface area contributed by atoms with Gasteiger partial charge in [-0.25, -0.2) is 21.6 Å². The molecule has 0 aliphatic carbocycles. The minimum Gasteiger partial charge on any atom is -0.478 e. The fourth-order valence-corrected chi connectivity index (χ4v) is 5.93. The first-order valence-corrected chi connectivity index (χ1v) is 9.83. The van der Waals surface area contributed by atoms with Crippen molar-refractivity contribution in [1.82, 2.24) is 4.31 Å². The van der Waals surface area contributed by atoms with Crippen molar-refractivity contribution >= 4 is 25.8 Å². The Balaban J connectivity index is 2.42. The van der Waals surface area contributed by atoms with Crippen molar-refractivity contribution in [3.05, 3.63) is 29.3 Å². The molecule has 1 aromatic rings. The maximum absolute atomic E-state index is 12.7. The molecule has 1 atom stereocenters. The molecule has 1 saturated heterocycles. The van der Waals surface area contributed by atoms with Crippen LogP contribution in [-0.4, -0.2) is 56.8 Å². The molecule has 1 aromatic carbocycles. The van der Waals surface area contributed by atoms with Crippen LogP contribution in [-0.2, 0) is 19.9 Å². The second kappa shape index (κ2) is 5.64. The van der Waals surface area contributed by atoms with Gasteiger partial charge in [0, 0.05) is 13.1 Å². The van der Waals surface area contributed by atoms with Crippen LogP contribution in [0.1, 0.15) is 22.3 Å². The topological polar surface area (TPSA) is 109 Å². The summed E-state index contributed by atoms with van der Waals surface area (Å²) in [5, 5.41) is 9.00. The highest BCUT2D eigenvalue weighted by atomic mass is 32.2. The number of rotatable bonds is 4. The third-order valence-electron chi connectivity index (χ3n) is 3.81. The third-order valence-corrected chi connectivity index (χ3v) is 7.62. The lowest BCUT2D eigenvalue weighted by atomic mass is 10.1. The number of carboxylic acid groups (broad SMARTS) is 1. The molecule has 0 amide bonds. The summed E-state index contributed by atoms with van der Waals surface area (Å²) < 4.78 is 49.4. The number of hydrogen-bond donors (Lipinski definition) is 1. The van der Waals surface area contributed by atoms with Gasteiger partial charge in [-0.2, -0.15) is 4.31 Å². The summed E-state index contributed by atoms with van der Waals surface area (Å²) in [6.45, 7) is 1.57. The second-order valence-corrected chi connectivity index (χ2v) is 9.56. The second-order valence-electron chi connectivity index (χ2n) is 5.36. The summed E-state index contributed by atoms with van der Waals surface area (Å²) in [5.74, 6) is -1.46. The Morgan fingerprint density at radius 2 is 2.00 bits per heavy atom. The molecule has 1 heterocycles. The molecular weight excluding hydrogens is 330 g/mol. The number of sulfonamides is 1. The lowest BCUT2D eigenvalue weighted by Gasteiger charge is -2.23. The number of aromatic carboxylic acids is 1. The number of benzene rings is 1. The number of hydrogen-bond acceptors (Lipinski definition) is 5. The minimum atomic E-state index is -3.95. The Morgan fingerprint density at radius 3 is 2.50 bits per heavy atom. The van der Waals surface area contributed by atoms with E-state index in [9.17, 15) is 21.6 Å². The predicted octanol–water partition coefficient (Wildman–Crippen LogP) is 0.501. The van der Waals surface area contributed by atoms with Gasteiger partial charge in [0.05, 0.1) is 22.0 Å². The van der Waals surface area contributed by atoms with Gasteiger partial charge in [-0.3, -0.25) is 0 Å². The predicted molar refractivity (Wildman–Crippen MR) is 80.1 cm³/mol. The standard InChI is InChI=1S/C13H17NO6S2/c1-9-3-4-10(13(15)16)7-12(9)22(19,20)14(2)11-5-6-21(17,18)8-11/h3-4,7,11H,5-6,8H2,1-2H3,(H,15,16)/t11-/m1/s1. The number of aryl methyl sites for hydroxylation is 1. The van der Waals surface area contributed by atoms with E-state index in [2.05, 4.69) is 0 Å². The first-order valence-electron chi connectivity index (χ1n) is 6.57. The van der Waals surface area contributed by atoms with Crippen LogP contribution >= 0.6 is 0 Å². The average Bonchev–Trinajstić information content (AvgIpc) is 2.78.